The van der Waals surface area contributed by atoms with Crippen LogP contribution in [-0.2, 0) is 0 Å². The van der Waals surface area contributed by atoms with Crippen molar-refractivity contribution in [2.75, 3.05) is 6.54 Å². The monoisotopic (exact) mass is 277 g/mol. The molecule has 0 aliphatic carbocycles. The van der Waals surface area contributed by atoms with Gasteiger partial charge in [0.1, 0.15) is 0 Å². The van der Waals surface area contributed by atoms with E-state index in [9.17, 15) is 5.11 Å². The lowest BCUT2D eigenvalue weighted by Crippen LogP contribution is -2.20. The van der Waals surface area contributed by atoms with Gasteiger partial charge >= 0.3 is 0 Å². The summed E-state index contributed by atoms with van der Waals surface area (Å²) in [6.07, 6.45) is -0.595. The van der Waals surface area contributed by atoms with E-state index in [0.717, 1.165) is 16.5 Å². The van der Waals surface area contributed by atoms with Gasteiger partial charge in [-0.25, -0.2) is 0 Å². The van der Waals surface area contributed by atoms with Gasteiger partial charge in [-0.05, 0) is 21.9 Å². The van der Waals surface area contributed by atoms with E-state index >= 15 is 0 Å². The van der Waals surface area contributed by atoms with E-state index in [1.165, 1.54) is 5.39 Å². The molecule has 0 unspecified atom stereocenters. The van der Waals surface area contributed by atoms with Crippen molar-refractivity contribution in [1.82, 2.24) is 0 Å². The van der Waals surface area contributed by atoms with Crippen LogP contribution >= 0.6 is 0 Å². The van der Waals surface area contributed by atoms with Gasteiger partial charge in [0.25, 0.3) is 0 Å². The van der Waals surface area contributed by atoms with E-state index in [0.29, 0.717) is 6.54 Å². The standard InChI is InChI=1S/C19H19NO/c20-13-18(19(21)15-8-2-1-3-9-15)17-12-6-10-14-7-4-5-11-16(14)17/h1-12,18-19,21H,13,20H2/t18-,19-/m1/s1. The predicted molar refractivity (Wildman–Crippen MR) is 87.1 cm³/mol. The minimum atomic E-state index is -0.595. The molecule has 3 N–H and O–H groups in total. The van der Waals surface area contributed by atoms with E-state index in [2.05, 4.69) is 24.3 Å². The topological polar surface area (TPSA) is 46.2 Å². The summed E-state index contributed by atoms with van der Waals surface area (Å²) in [6.45, 7) is 0.407. The summed E-state index contributed by atoms with van der Waals surface area (Å²) >= 11 is 0. The molecule has 0 bridgehead atoms. The molecule has 3 aromatic carbocycles. The molecule has 3 rings (SSSR count). The largest absolute Gasteiger partial charge is 0.388 e. The Hall–Kier alpha value is -2.16. The summed E-state index contributed by atoms with van der Waals surface area (Å²) in [5.74, 6) is -0.113. The molecular weight excluding hydrogens is 258 g/mol. The Balaban J connectivity index is 2.06. The minimum absolute atomic E-state index is 0.113. The first-order chi connectivity index (χ1) is 10.3. The second-order valence-electron chi connectivity index (χ2n) is 5.27. The fraction of sp³-hybridized carbons (Fsp3) is 0.158. The Morgan fingerprint density at radius 3 is 2.24 bits per heavy atom. The van der Waals surface area contributed by atoms with Crippen molar-refractivity contribution in [2.24, 2.45) is 5.73 Å². The number of nitrogens with two attached hydrogens (primary N) is 1. The second kappa shape index (κ2) is 6.08. The summed E-state index contributed by atoms with van der Waals surface area (Å²) in [5.41, 5.74) is 7.98. The number of aliphatic hydroxyl groups excluding tert-OH is 1. The zero-order chi connectivity index (χ0) is 14.7. The molecule has 106 valence electrons. The van der Waals surface area contributed by atoms with E-state index < -0.39 is 6.10 Å². The lowest BCUT2D eigenvalue weighted by atomic mass is 9.86. The molecule has 0 aliphatic rings. The van der Waals surface area contributed by atoms with Crippen LogP contribution in [0.5, 0.6) is 0 Å². The molecule has 0 spiro atoms. The molecule has 3 aromatic rings. The molecule has 2 nitrogen and oxygen atoms in total. The van der Waals surface area contributed by atoms with Crippen molar-refractivity contribution in [3.8, 4) is 0 Å². The zero-order valence-corrected chi connectivity index (χ0v) is 11.8. The smallest absolute Gasteiger partial charge is 0.0870 e. The van der Waals surface area contributed by atoms with Gasteiger partial charge in [0.15, 0.2) is 0 Å². The average Bonchev–Trinajstić information content (AvgIpc) is 2.56. The highest BCUT2D eigenvalue weighted by atomic mass is 16.3. The van der Waals surface area contributed by atoms with Crippen LogP contribution in [0.4, 0.5) is 0 Å². The molecule has 21 heavy (non-hydrogen) atoms. The summed E-state index contributed by atoms with van der Waals surface area (Å²) in [7, 11) is 0. The average molecular weight is 277 g/mol. The van der Waals surface area contributed by atoms with Gasteiger partial charge in [-0.2, -0.15) is 0 Å². The fourth-order valence-electron chi connectivity index (χ4n) is 2.88. The molecule has 0 amide bonds. The number of fused-ring (bicyclic) bond motifs is 1. The quantitative estimate of drug-likeness (QED) is 0.765. The van der Waals surface area contributed by atoms with Crippen LogP contribution in [0.15, 0.2) is 72.8 Å². The van der Waals surface area contributed by atoms with Crippen molar-refractivity contribution < 1.29 is 5.11 Å². The lowest BCUT2D eigenvalue weighted by Gasteiger charge is -2.23. The molecular formula is C19H19NO. The number of benzene rings is 3. The van der Waals surface area contributed by atoms with E-state index in [-0.39, 0.29) is 5.92 Å². The van der Waals surface area contributed by atoms with E-state index in [1.54, 1.807) is 0 Å². The van der Waals surface area contributed by atoms with Crippen LogP contribution in [0.25, 0.3) is 10.8 Å². The number of hydrogen-bond acceptors (Lipinski definition) is 2. The summed E-state index contributed by atoms with van der Waals surface area (Å²) in [4.78, 5) is 0. The SMILES string of the molecule is NC[C@H](c1cccc2ccccc12)[C@H](O)c1ccccc1. The van der Waals surface area contributed by atoms with Gasteiger partial charge in [0, 0.05) is 12.5 Å². The maximum absolute atomic E-state index is 10.7. The molecule has 0 aromatic heterocycles. The zero-order valence-electron chi connectivity index (χ0n) is 11.8. The van der Waals surface area contributed by atoms with Gasteiger partial charge in [-0.3, -0.25) is 0 Å². The third kappa shape index (κ3) is 2.68. The van der Waals surface area contributed by atoms with E-state index in [4.69, 9.17) is 5.73 Å². The number of aliphatic hydroxyl groups is 1. The Bertz CT molecular complexity index is 718. The highest BCUT2D eigenvalue weighted by Crippen LogP contribution is 2.34. The molecule has 2 atom stereocenters. The van der Waals surface area contributed by atoms with Gasteiger partial charge in [0.2, 0.25) is 0 Å². The van der Waals surface area contributed by atoms with Gasteiger partial charge < -0.3 is 10.8 Å². The fourth-order valence-corrected chi connectivity index (χ4v) is 2.88. The number of hydrogen-bond donors (Lipinski definition) is 2. The Morgan fingerprint density at radius 2 is 1.48 bits per heavy atom. The van der Waals surface area contributed by atoms with Gasteiger partial charge in [-0.15, -0.1) is 0 Å². The Labute approximate surface area is 124 Å². The van der Waals surface area contributed by atoms with Crippen LogP contribution in [0.2, 0.25) is 0 Å². The van der Waals surface area contributed by atoms with Crippen LogP contribution in [0, 0.1) is 0 Å². The summed E-state index contributed by atoms with van der Waals surface area (Å²) in [5, 5.41) is 13.0. The lowest BCUT2D eigenvalue weighted by molar-refractivity contribution is 0.148. The molecule has 0 aliphatic heterocycles. The first-order valence-electron chi connectivity index (χ1n) is 7.22. The predicted octanol–water partition coefficient (Wildman–Crippen LogP) is 3.62. The van der Waals surface area contributed by atoms with E-state index in [1.807, 2.05) is 48.5 Å². The van der Waals surface area contributed by atoms with Gasteiger partial charge in [-0.1, -0.05) is 72.8 Å². The van der Waals surface area contributed by atoms with Crippen LogP contribution < -0.4 is 5.73 Å². The second-order valence-corrected chi connectivity index (χ2v) is 5.27. The van der Waals surface area contributed by atoms with Crippen LogP contribution in [-0.4, -0.2) is 11.7 Å². The summed E-state index contributed by atoms with van der Waals surface area (Å²) in [6, 6.07) is 24.1. The number of rotatable bonds is 4. The molecule has 0 fully saturated rings. The van der Waals surface area contributed by atoms with Crippen LogP contribution in [0.3, 0.4) is 0 Å². The van der Waals surface area contributed by atoms with Gasteiger partial charge in [0.05, 0.1) is 6.10 Å². The maximum atomic E-state index is 10.7. The third-order valence-electron chi connectivity index (χ3n) is 4.00. The Kier molecular flexibility index (Phi) is 4.00. The van der Waals surface area contributed by atoms with Crippen molar-refractivity contribution in [3.05, 3.63) is 83.9 Å². The highest BCUT2D eigenvalue weighted by molar-refractivity contribution is 5.86. The van der Waals surface area contributed by atoms with Crippen molar-refractivity contribution in [3.63, 3.8) is 0 Å². The summed E-state index contributed by atoms with van der Waals surface area (Å²) < 4.78 is 0. The highest BCUT2D eigenvalue weighted by Gasteiger charge is 2.22. The molecule has 0 saturated carbocycles. The molecule has 0 radical (unpaired) electrons. The van der Waals surface area contributed by atoms with Crippen molar-refractivity contribution in [2.45, 2.75) is 12.0 Å². The van der Waals surface area contributed by atoms with Crippen molar-refractivity contribution in [1.29, 1.82) is 0 Å². The molecule has 0 heterocycles. The normalized spacial score (nSPS) is 14.0. The first-order valence-corrected chi connectivity index (χ1v) is 7.22. The Morgan fingerprint density at radius 1 is 0.810 bits per heavy atom. The molecule has 0 saturated heterocycles. The van der Waals surface area contributed by atoms with Crippen molar-refractivity contribution >= 4 is 10.8 Å². The maximum Gasteiger partial charge on any atom is 0.0870 e. The van der Waals surface area contributed by atoms with Crippen LogP contribution in [0.1, 0.15) is 23.1 Å². The first kappa shape index (κ1) is 13.8. The molecule has 2 heteroatoms. The third-order valence-corrected chi connectivity index (χ3v) is 4.00. The minimum Gasteiger partial charge on any atom is -0.388 e.